The van der Waals surface area contributed by atoms with E-state index in [2.05, 4.69) is 21.0 Å². The van der Waals surface area contributed by atoms with Gasteiger partial charge in [-0.05, 0) is 34.5 Å². The maximum Gasteiger partial charge on any atom is 0.127 e. The van der Waals surface area contributed by atoms with Crippen LogP contribution in [-0.2, 0) is 13.5 Å². The van der Waals surface area contributed by atoms with E-state index in [9.17, 15) is 4.39 Å². The molecule has 0 saturated carbocycles. The third-order valence-corrected chi connectivity index (χ3v) is 3.74. The van der Waals surface area contributed by atoms with Crippen LogP contribution < -0.4 is 5.73 Å². The number of aryl methyl sites for hydroxylation is 1. The highest BCUT2D eigenvalue weighted by molar-refractivity contribution is 9.10. The van der Waals surface area contributed by atoms with Gasteiger partial charge in [-0.1, -0.05) is 17.7 Å². The van der Waals surface area contributed by atoms with Crippen LogP contribution in [0, 0.1) is 5.82 Å². The molecule has 0 amide bonds. The second-order valence-electron chi connectivity index (χ2n) is 4.01. The average Bonchev–Trinajstić information content (AvgIpc) is 2.64. The summed E-state index contributed by atoms with van der Waals surface area (Å²) >= 11 is 9.36. The molecule has 18 heavy (non-hydrogen) atoms. The number of halogens is 3. The van der Waals surface area contributed by atoms with E-state index in [0.29, 0.717) is 17.0 Å². The van der Waals surface area contributed by atoms with Crippen molar-refractivity contribution in [2.24, 2.45) is 12.8 Å². The van der Waals surface area contributed by atoms with Crippen LogP contribution in [0.25, 0.3) is 0 Å². The van der Waals surface area contributed by atoms with Gasteiger partial charge in [-0.15, -0.1) is 0 Å². The van der Waals surface area contributed by atoms with E-state index in [1.54, 1.807) is 30.1 Å². The Morgan fingerprint density at radius 3 is 2.83 bits per heavy atom. The van der Waals surface area contributed by atoms with E-state index >= 15 is 0 Å². The highest BCUT2D eigenvalue weighted by Gasteiger charge is 2.18. The van der Waals surface area contributed by atoms with Gasteiger partial charge in [0, 0.05) is 17.6 Å². The number of hydrogen-bond acceptors (Lipinski definition) is 2. The van der Waals surface area contributed by atoms with Gasteiger partial charge in [0.25, 0.3) is 0 Å². The van der Waals surface area contributed by atoms with Crippen LogP contribution >= 0.6 is 27.5 Å². The zero-order valence-corrected chi connectivity index (χ0v) is 12.0. The minimum Gasteiger partial charge on any atom is -0.322 e. The second-order valence-corrected chi connectivity index (χ2v) is 5.27. The molecule has 2 rings (SSSR count). The molecule has 96 valence electrons. The largest absolute Gasteiger partial charge is 0.322 e. The van der Waals surface area contributed by atoms with Gasteiger partial charge >= 0.3 is 0 Å². The van der Waals surface area contributed by atoms with Crippen LogP contribution in [0.2, 0.25) is 5.02 Å². The summed E-state index contributed by atoms with van der Waals surface area (Å²) in [7, 11) is 1.79. The van der Waals surface area contributed by atoms with Crippen molar-refractivity contribution in [3.63, 3.8) is 0 Å². The molecule has 1 atom stereocenters. The van der Waals surface area contributed by atoms with Crippen molar-refractivity contribution in [1.82, 2.24) is 9.78 Å². The van der Waals surface area contributed by atoms with Crippen molar-refractivity contribution in [1.29, 1.82) is 0 Å². The number of nitrogens with zero attached hydrogens (tertiary/aromatic N) is 2. The molecule has 0 aliphatic rings. The highest BCUT2D eigenvalue weighted by atomic mass is 79.9. The van der Waals surface area contributed by atoms with Crippen LogP contribution in [0.15, 0.2) is 28.9 Å². The Balaban J connectivity index is 2.30. The fraction of sp³-hybridized carbons (Fsp3) is 0.250. The SMILES string of the molecule is Cn1ncc(Br)c1C(N)Cc1c(F)cccc1Cl. The first-order valence-electron chi connectivity index (χ1n) is 5.36. The summed E-state index contributed by atoms with van der Waals surface area (Å²) < 4.78 is 16.2. The lowest BCUT2D eigenvalue weighted by atomic mass is 10.0. The number of nitrogens with two attached hydrogens (primary N) is 1. The zero-order chi connectivity index (χ0) is 13.3. The molecule has 1 aromatic carbocycles. The van der Waals surface area contributed by atoms with Crippen molar-refractivity contribution in [2.75, 3.05) is 0 Å². The van der Waals surface area contributed by atoms with Gasteiger partial charge in [-0.25, -0.2) is 4.39 Å². The molecule has 1 heterocycles. The lowest BCUT2D eigenvalue weighted by Crippen LogP contribution is -2.18. The summed E-state index contributed by atoms with van der Waals surface area (Å²) in [4.78, 5) is 0. The van der Waals surface area contributed by atoms with Crippen molar-refractivity contribution in [2.45, 2.75) is 12.5 Å². The number of rotatable bonds is 3. The van der Waals surface area contributed by atoms with Crippen LogP contribution in [-0.4, -0.2) is 9.78 Å². The third kappa shape index (κ3) is 2.58. The smallest absolute Gasteiger partial charge is 0.127 e. The fourth-order valence-electron chi connectivity index (χ4n) is 1.88. The number of benzene rings is 1. The van der Waals surface area contributed by atoms with E-state index in [1.165, 1.54) is 6.07 Å². The summed E-state index contributed by atoms with van der Waals surface area (Å²) in [5.74, 6) is -0.337. The van der Waals surface area contributed by atoms with Crippen molar-refractivity contribution in [3.05, 3.63) is 51.0 Å². The first-order valence-corrected chi connectivity index (χ1v) is 6.53. The van der Waals surface area contributed by atoms with E-state index in [-0.39, 0.29) is 11.9 Å². The topological polar surface area (TPSA) is 43.8 Å². The summed E-state index contributed by atoms with van der Waals surface area (Å²) in [6, 6.07) is 4.24. The molecule has 0 fully saturated rings. The molecule has 3 nitrogen and oxygen atoms in total. The quantitative estimate of drug-likeness (QED) is 0.938. The third-order valence-electron chi connectivity index (χ3n) is 2.77. The summed E-state index contributed by atoms with van der Waals surface area (Å²) in [5.41, 5.74) is 7.34. The highest BCUT2D eigenvalue weighted by Crippen LogP contribution is 2.27. The molecule has 0 radical (unpaired) electrons. The van der Waals surface area contributed by atoms with Gasteiger partial charge in [0.1, 0.15) is 5.82 Å². The Kier molecular flexibility index (Phi) is 4.04. The molecule has 0 aliphatic carbocycles. The molecule has 1 unspecified atom stereocenters. The predicted octanol–water partition coefficient (Wildman–Crippen LogP) is 3.22. The molecule has 2 aromatic rings. The molecular formula is C12H12BrClFN3. The maximum absolute atomic E-state index is 13.7. The van der Waals surface area contributed by atoms with E-state index in [4.69, 9.17) is 17.3 Å². The van der Waals surface area contributed by atoms with Gasteiger partial charge in [-0.3, -0.25) is 4.68 Å². The fourth-order valence-corrected chi connectivity index (χ4v) is 2.76. The van der Waals surface area contributed by atoms with E-state index in [1.807, 2.05) is 0 Å². The van der Waals surface area contributed by atoms with E-state index in [0.717, 1.165) is 10.2 Å². The Bertz CT molecular complexity index is 531. The maximum atomic E-state index is 13.7. The van der Waals surface area contributed by atoms with Crippen molar-refractivity contribution >= 4 is 27.5 Å². The van der Waals surface area contributed by atoms with Gasteiger partial charge < -0.3 is 5.73 Å². The first kappa shape index (κ1) is 13.5. The molecular weight excluding hydrogens is 321 g/mol. The second kappa shape index (κ2) is 5.38. The summed E-state index contributed by atoms with van der Waals surface area (Å²) in [5, 5.41) is 4.48. The van der Waals surface area contributed by atoms with E-state index < -0.39 is 0 Å². The van der Waals surface area contributed by atoms with Crippen LogP contribution in [0.4, 0.5) is 4.39 Å². The Morgan fingerprint density at radius 2 is 2.28 bits per heavy atom. The molecule has 6 heteroatoms. The van der Waals surface area contributed by atoms with Crippen molar-refractivity contribution < 1.29 is 4.39 Å². The van der Waals surface area contributed by atoms with Crippen LogP contribution in [0.3, 0.4) is 0 Å². The first-order chi connectivity index (χ1) is 8.50. The Hall–Kier alpha value is -0.910. The molecule has 2 N–H and O–H groups in total. The Morgan fingerprint density at radius 1 is 1.56 bits per heavy atom. The molecule has 0 bridgehead atoms. The minimum absolute atomic E-state index is 0.323. The monoisotopic (exact) mass is 331 g/mol. The summed E-state index contributed by atoms with van der Waals surface area (Å²) in [6.45, 7) is 0. The molecule has 0 aliphatic heterocycles. The zero-order valence-electron chi connectivity index (χ0n) is 9.70. The van der Waals surface area contributed by atoms with Gasteiger partial charge in [0.2, 0.25) is 0 Å². The lowest BCUT2D eigenvalue weighted by molar-refractivity contribution is 0.573. The average molecular weight is 333 g/mol. The van der Waals surface area contributed by atoms with Gasteiger partial charge in [-0.2, -0.15) is 5.10 Å². The Labute approximate surface area is 118 Å². The molecule has 0 saturated heterocycles. The predicted molar refractivity (Wildman–Crippen MR) is 73.0 cm³/mol. The number of hydrogen-bond donors (Lipinski definition) is 1. The molecule has 0 spiro atoms. The van der Waals surface area contributed by atoms with Gasteiger partial charge in [0.05, 0.1) is 22.4 Å². The van der Waals surface area contributed by atoms with Crippen LogP contribution in [0.1, 0.15) is 17.3 Å². The summed E-state index contributed by atoms with van der Waals surface area (Å²) in [6.07, 6.45) is 1.99. The standard InChI is InChI=1S/C12H12BrClFN3/c1-18-12(8(13)6-17-18)11(16)5-7-9(14)3-2-4-10(7)15/h2-4,6,11H,5,16H2,1H3. The molecule has 1 aromatic heterocycles. The normalized spacial score (nSPS) is 12.7. The minimum atomic E-state index is -0.374. The lowest BCUT2D eigenvalue weighted by Gasteiger charge is -2.14. The number of aromatic nitrogens is 2. The van der Waals surface area contributed by atoms with Gasteiger partial charge in [0.15, 0.2) is 0 Å². The van der Waals surface area contributed by atoms with Crippen molar-refractivity contribution in [3.8, 4) is 0 Å². The van der Waals surface area contributed by atoms with Crippen LogP contribution in [0.5, 0.6) is 0 Å².